The van der Waals surface area contributed by atoms with Crippen molar-refractivity contribution in [2.24, 2.45) is 0 Å². The van der Waals surface area contributed by atoms with E-state index in [-0.39, 0.29) is 6.04 Å². The van der Waals surface area contributed by atoms with Crippen LogP contribution in [0.15, 0.2) is 99.4 Å². The fourth-order valence-electron chi connectivity index (χ4n) is 6.04. The fraction of sp³-hybridized carbons (Fsp3) is 0.278. The molecule has 0 fully saturated rings. The van der Waals surface area contributed by atoms with E-state index in [0.717, 1.165) is 17.2 Å². The predicted octanol–water partition coefficient (Wildman–Crippen LogP) is 9.94. The van der Waals surface area contributed by atoms with Gasteiger partial charge in [0.1, 0.15) is 11.2 Å². The Bertz CT molecular complexity index is 1950. The zero-order valence-electron chi connectivity index (χ0n) is 25.9. The summed E-state index contributed by atoms with van der Waals surface area (Å²) in [6, 6.07) is 35.8. The van der Waals surface area contributed by atoms with Crippen LogP contribution in [0.2, 0.25) is 31.7 Å². The summed E-state index contributed by atoms with van der Waals surface area (Å²) in [6.07, 6.45) is 0. The zero-order chi connectivity index (χ0) is 29.6. The standard InChI is InChI=1S/C36H42NO2PSi2/c1-8-41(5)31-23-27-19-13-15-21-29(27)33-34-30-22-16-14-20-28(30)24-32(42(6,7)9-2)36(34)39-40(38-35(31)33)37(4)25(3)26-17-11-10-12-18-26/h10-25,41H,8-9H2,1-7H3/t25-,40?,41+/m0/s1. The molecule has 6 aromatic rings. The maximum absolute atomic E-state index is 7.31. The maximum Gasteiger partial charge on any atom is 0.309 e. The highest BCUT2D eigenvalue weighted by Gasteiger charge is 2.29. The molecule has 0 saturated carbocycles. The van der Waals surface area contributed by atoms with Crippen LogP contribution in [0.5, 0.6) is 0 Å². The maximum atomic E-state index is 7.31. The van der Waals surface area contributed by atoms with Gasteiger partial charge in [0, 0.05) is 23.9 Å². The van der Waals surface area contributed by atoms with Crippen LogP contribution >= 0.6 is 8.16 Å². The monoisotopic (exact) mass is 607 g/mol. The lowest BCUT2D eigenvalue weighted by Gasteiger charge is -2.24. The molecular formula is C36H42NO2PSi2. The van der Waals surface area contributed by atoms with Gasteiger partial charge in [0.05, 0.1) is 16.9 Å². The van der Waals surface area contributed by atoms with Crippen LogP contribution in [0.4, 0.5) is 0 Å². The highest BCUT2D eigenvalue weighted by molar-refractivity contribution is 7.39. The molecule has 1 heterocycles. The Morgan fingerprint density at radius 2 is 1.33 bits per heavy atom. The van der Waals surface area contributed by atoms with Crippen molar-refractivity contribution in [3.05, 3.63) is 96.6 Å². The first-order valence-electron chi connectivity index (χ1n) is 15.3. The van der Waals surface area contributed by atoms with Gasteiger partial charge in [-0.3, -0.25) is 0 Å². The molecule has 3 atom stereocenters. The Labute approximate surface area is 253 Å². The molecule has 0 aliphatic heterocycles. The Hall–Kier alpha value is -3.09. The summed E-state index contributed by atoms with van der Waals surface area (Å²) in [5.74, 6) is 0. The molecule has 216 valence electrons. The third kappa shape index (κ3) is 4.97. The largest absolute Gasteiger partial charge is 0.408 e. The van der Waals surface area contributed by atoms with Crippen LogP contribution in [0.3, 0.4) is 0 Å². The average Bonchev–Trinajstić information content (AvgIpc) is 3.21. The lowest BCUT2D eigenvalue weighted by atomic mass is 9.98. The number of benzene rings is 5. The fourth-order valence-corrected chi connectivity index (χ4v) is 10.9. The Morgan fingerprint density at radius 3 is 1.95 bits per heavy atom. The number of fused-ring (bicyclic) bond motifs is 7. The molecule has 1 aromatic heterocycles. The Kier molecular flexibility index (Phi) is 7.97. The minimum atomic E-state index is -1.84. The van der Waals surface area contributed by atoms with Crippen LogP contribution in [0.25, 0.3) is 43.5 Å². The Morgan fingerprint density at radius 1 is 0.786 bits per heavy atom. The molecular weight excluding hydrogens is 566 g/mol. The van der Waals surface area contributed by atoms with E-state index in [9.17, 15) is 0 Å². The van der Waals surface area contributed by atoms with Gasteiger partial charge >= 0.3 is 8.16 Å². The number of hydrogen-bond donors (Lipinski definition) is 0. The van der Waals surface area contributed by atoms with Crippen molar-refractivity contribution < 1.29 is 8.39 Å². The molecule has 6 rings (SSSR count). The second kappa shape index (κ2) is 11.5. The topological polar surface area (TPSA) is 29.5 Å². The van der Waals surface area contributed by atoms with Gasteiger partial charge in [-0.05, 0) is 44.4 Å². The summed E-state index contributed by atoms with van der Waals surface area (Å²) in [4.78, 5) is 0. The van der Waals surface area contributed by atoms with Gasteiger partial charge < -0.3 is 8.39 Å². The van der Waals surface area contributed by atoms with E-state index < -0.39 is 25.0 Å². The van der Waals surface area contributed by atoms with E-state index in [1.165, 1.54) is 54.3 Å². The summed E-state index contributed by atoms with van der Waals surface area (Å²) in [5, 5.41) is 10.3. The van der Waals surface area contributed by atoms with Crippen LogP contribution in [-0.2, 0) is 0 Å². The van der Waals surface area contributed by atoms with Gasteiger partial charge in [-0.1, -0.05) is 137 Å². The highest BCUT2D eigenvalue weighted by atomic mass is 31.1. The lowest BCUT2D eigenvalue weighted by molar-refractivity contribution is 0.614. The van der Waals surface area contributed by atoms with E-state index in [1.807, 2.05) is 0 Å². The average molecular weight is 608 g/mol. The van der Waals surface area contributed by atoms with E-state index in [4.69, 9.17) is 8.39 Å². The summed E-state index contributed by atoms with van der Waals surface area (Å²) in [7, 11) is -2.40. The normalized spacial score (nSPS) is 14.2. The molecule has 0 aliphatic rings. The van der Waals surface area contributed by atoms with Gasteiger partial charge in [0.2, 0.25) is 0 Å². The van der Waals surface area contributed by atoms with Crippen LogP contribution in [0.1, 0.15) is 32.4 Å². The number of nitrogens with zero attached hydrogens (tertiary/aromatic N) is 1. The summed E-state index contributed by atoms with van der Waals surface area (Å²) in [6.45, 7) is 14.3. The molecule has 42 heavy (non-hydrogen) atoms. The van der Waals surface area contributed by atoms with Crippen molar-refractivity contribution >= 4 is 78.9 Å². The lowest BCUT2D eigenvalue weighted by Crippen LogP contribution is -2.40. The van der Waals surface area contributed by atoms with Crippen LogP contribution < -0.4 is 15.0 Å². The molecule has 3 nitrogen and oxygen atoms in total. The smallest absolute Gasteiger partial charge is 0.309 e. The third-order valence-corrected chi connectivity index (χ3v) is 17.3. The number of rotatable bonds is 7. The van der Waals surface area contributed by atoms with Gasteiger partial charge in [-0.25, -0.2) is 0 Å². The second-order valence-corrected chi connectivity index (χ2v) is 22.1. The molecule has 0 N–H and O–H groups in total. The predicted molar refractivity (Wildman–Crippen MR) is 191 cm³/mol. The molecule has 5 aromatic carbocycles. The first-order chi connectivity index (χ1) is 20.2. The quantitative estimate of drug-likeness (QED) is 0.169. The van der Waals surface area contributed by atoms with Gasteiger partial charge in [0.15, 0.2) is 0 Å². The van der Waals surface area contributed by atoms with E-state index >= 15 is 0 Å². The summed E-state index contributed by atoms with van der Waals surface area (Å²) in [5.41, 5.74) is 3.35. The van der Waals surface area contributed by atoms with Crippen molar-refractivity contribution in [1.82, 2.24) is 0 Å². The molecule has 0 aliphatic carbocycles. The number of hydrogen-bond acceptors (Lipinski definition) is 3. The van der Waals surface area contributed by atoms with Crippen LogP contribution in [0, 0.1) is 0 Å². The summed E-state index contributed by atoms with van der Waals surface area (Å²) >= 11 is 0. The van der Waals surface area contributed by atoms with Gasteiger partial charge in [-0.15, -0.1) is 0 Å². The van der Waals surface area contributed by atoms with E-state index in [1.54, 1.807) is 0 Å². The van der Waals surface area contributed by atoms with Gasteiger partial charge in [0.25, 0.3) is 0 Å². The van der Waals surface area contributed by atoms with Crippen LogP contribution in [-0.4, -0.2) is 23.9 Å². The SMILES string of the molecule is CC[Si@@H](C)c1cc2ccccc2c2c1op(N(C)[C@@H](C)c1ccccc1)oc1c([Si](C)(C)CC)cc3ccccc3c12. The molecule has 0 spiro atoms. The molecule has 6 heteroatoms. The Balaban J connectivity index is 1.89. The van der Waals surface area contributed by atoms with Crippen molar-refractivity contribution in [2.75, 3.05) is 11.7 Å². The highest BCUT2D eigenvalue weighted by Crippen LogP contribution is 2.43. The van der Waals surface area contributed by atoms with Crippen molar-refractivity contribution in [2.45, 2.75) is 58.5 Å². The first kappa shape index (κ1) is 29.0. The zero-order valence-corrected chi connectivity index (χ0v) is 29.0. The summed E-state index contributed by atoms with van der Waals surface area (Å²) < 4.78 is 16.9. The van der Waals surface area contributed by atoms with Crippen molar-refractivity contribution in [3.63, 3.8) is 0 Å². The second-order valence-electron chi connectivity index (χ2n) is 12.4. The molecule has 0 bridgehead atoms. The third-order valence-electron chi connectivity index (χ3n) is 9.48. The molecule has 0 radical (unpaired) electrons. The molecule has 1 unspecified atom stereocenters. The molecule has 0 amide bonds. The molecule has 0 saturated heterocycles. The van der Waals surface area contributed by atoms with Gasteiger partial charge in [-0.2, -0.15) is 4.67 Å². The van der Waals surface area contributed by atoms with E-state index in [2.05, 4.69) is 143 Å². The minimum absolute atomic E-state index is 0.132. The van der Waals surface area contributed by atoms with Crippen molar-refractivity contribution in [1.29, 1.82) is 0 Å². The van der Waals surface area contributed by atoms with Crippen molar-refractivity contribution in [3.8, 4) is 0 Å². The minimum Gasteiger partial charge on any atom is -0.408 e. The van der Waals surface area contributed by atoms with E-state index in [0.29, 0.717) is 0 Å². The first-order valence-corrected chi connectivity index (χ1v) is 22.2.